The third-order valence-electron chi connectivity index (χ3n) is 1.65. The molecule has 1 aromatic heterocycles. The Balaban J connectivity index is 3.39. The fourth-order valence-electron chi connectivity index (χ4n) is 1.11. The van der Waals surface area contributed by atoms with E-state index in [2.05, 4.69) is 5.10 Å². The van der Waals surface area contributed by atoms with E-state index in [0.717, 1.165) is 0 Å². The van der Waals surface area contributed by atoms with E-state index in [4.69, 9.17) is 0 Å². The SMILES string of the molecule is Cc1nn(C(F)F)c(C)c1[SH](=O)=O. The average Bonchev–Trinajstić information content (AvgIpc) is 2.26. The van der Waals surface area contributed by atoms with Crippen molar-refractivity contribution in [3.05, 3.63) is 11.4 Å². The Morgan fingerprint density at radius 3 is 2.15 bits per heavy atom. The molecule has 13 heavy (non-hydrogen) atoms. The summed E-state index contributed by atoms with van der Waals surface area (Å²) in [5.74, 6) is 0. The number of hydrogen-bond donors (Lipinski definition) is 1. The molecular weight excluding hydrogens is 202 g/mol. The van der Waals surface area contributed by atoms with E-state index in [1.165, 1.54) is 13.8 Å². The van der Waals surface area contributed by atoms with Gasteiger partial charge in [0.15, 0.2) is 10.7 Å². The lowest BCUT2D eigenvalue weighted by Crippen LogP contribution is -2.02. The van der Waals surface area contributed by atoms with E-state index in [-0.39, 0.29) is 16.3 Å². The third kappa shape index (κ3) is 1.69. The van der Waals surface area contributed by atoms with Gasteiger partial charge in [-0.2, -0.15) is 13.9 Å². The number of rotatable bonds is 2. The minimum atomic E-state index is -2.86. The highest BCUT2D eigenvalue weighted by atomic mass is 32.2. The van der Waals surface area contributed by atoms with Gasteiger partial charge in [0.2, 0.25) is 0 Å². The van der Waals surface area contributed by atoms with E-state index < -0.39 is 17.3 Å². The predicted molar refractivity (Wildman–Crippen MR) is 41.5 cm³/mol. The van der Waals surface area contributed by atoms with Crippen LogP contribution >= 0.6 is 0 Å². The van der Waals surface area contributed by atoms with Crippen molar-refractivity contribution in [2.75, 3.05) is 0 Å². The monoisotopic (exact) mass is 210 g/mol. The van der Waals surface area contributed by atoms with Crippen LogP contribution in [0.2, 0.25) is 0 Å². The largest absolute Gasteiger partial charge is 0.333 e. The lowest BCUT2D eigenvalue weighted by Gasteiger charge is -2.00. The highest BCUT2D eigenvalue weighted by Gasteiger charge is 2.18. The number of halogens is 2. The summed E-state index contributed by atoms with van der Waals surface area (Å²) in [6, 6.07) is 0. The summed E-state index contributed by atoms with van der Waals surface area (Å²) >= 11 is 0. The maximum Gasteiger partial charge on any atom is 0.333 e. The zero-order valence-electron chi connectivity index (χ0n) is 6.99. The first-order valence-corrected chi connectivity index (χ1v) is 4.61. The molecule has 0 unspecified atom stereocenters. The van der Waals surface area contributed by atoms with Gasteiger partial charge < -0.3 is 0 Å². The van der Waals surface area contributed by atoms with Crippen LogP contribution in [0.5, 0.6) is 0 Å². The molecule has 0 amide bonds. The van der Waals surface area contributed by atoms with Crippen LogP contribution in [0, 0.1) is 13.8 Å². The summed E-state index contributed by atoms with van der Waals surface area (Å²) in [6.45, 7) is -0.124. The van der Waals surface area contributed by atoms with Crippen LogP contribution < -0.4 is 0 Å². The Labute approximate surface area is 75.1 Å². The number of aryl methyl sites for hydroxylation is 1. The minimum Gasteiger partial charge on any atom is -0.227 e. The second kappa shape index (κ2) is 3.41. The normalized spacial score (nSPS) is 11.5. The van der Waals surface area contributed by atoms with E-state index in [0.29, 0.717) is 4.68 Å². The Hall–Kier alpha value is -0.980. The van der Waals surface area contributed by atoms with Crippen molar-refractivity contribution in [1.29, 1.82) is 0 Å². The topological polar surface area (TPSA) is 52.0 Å². The number of nitrogens with zero attached hydrogens (tertiary/aromatic N) is 2. The van der Waals surface area contributed by atoms with E-state index in [1.54, 1.807) is 0 Å². The lowest BCUT2D eigenvalue weighted by atomic mass is 10.4. The second-order valence-corrected chi connectivity index (χ2v) is 3.46. The van der Waals surface area contributed by atoms with Crippen molar-refractivity contribution in [1.82, 2.24) is 9.78 Å². The summed E-state index contributed by atoms with van der Waals surface area (Å²) in [5.41, 5.74) is 0.0810. The molecule has 4 nitrogen and oxygen atoms in total. The van der Waals surface area contributed by atoms with E-state index >= 15 is 0 Å². The molecule has 0 radical (unpaired) electrons. The average molecular weight is 210 g/mol. The van der Waals surface area contributed by atoms with Crippen LogP contribution in [0.4, 0.5) is 8.78 Å². The summed E-state index contributed by atoms with van der Waals surface area (Å²) in [5, 5.41) is 3.41. The van der Waals surface area contributed by atoms with Gasteiger partial charge in [-0.3, -0.25) is 0 Å². The second-order valence-electron chi connectivity index (χ2n) is 2.50. The summed E-state index contributed by atoms with van der Waals surface area (Å²) in [6.07, 6.45) is 0. The Bertz CT molecular complexity index is 390. The first-order chi connectivity index (χ1) is 5.95. The van der Waals surface area contributed by atoms with Crippen LogP contribution in [-0.2, 0) is 10.7 Å². The van der Waals surface area contributed by atoms with Gasteiger partial charge in [-0.1, -0.05) is 0 Å². The third-order valence-corrected chi connectivity index (χ3v) is 2.67. The van der Waals surface area contributed by atoms with Crippen molar-refractivity contribution in [3.8, 4) is 0 Å². The van der Waals surface area contributed by atoms with Gasteiger partial charge in [0.1, 0.15) is 4.90 Å². The van der Waals surface area contributed by atoms with Gasteiger partial charge >= 0.3 is 6.55 Å². The molecule has 0 bridgehead atoms. The summed E-state index contributed by atoms with van der Waals surface area (Å²) in [4.78, 5) is -0.115. The molecule has 74 valence electrons. The molecule has 0 N–H and O–H groups in total. The van der Waals surface area contributed by atoms with Gasteiger partial charge in [-0.05, 0) is 13.8 Å². The minimum absolute atomic E-state index is 0.0244. The van der Waals surface area contributed by atoms with Crippen LogP contribution in [0.1, 0.15) is 17.9 Å². The fraction of sp³-hybridized carbons (Fsp3) is 0.500. The van der Waals surface area contributed by atoms with Gasteiger partial charge in [0.05, 0.1) is 11.4 Å². The maximum absolute atomic E-state index is 12.2. The van der Waals surface area contributed by atoms with E-state index in [1.807, 2.05) is 0 Å². The Kier molecular flexibility index (Phi) is 2.65. The fourth-order valence-corrected chi connectivity index (χ4v) is 1.78. The van der Waals surface area contributed by atoms with Crippen molar-refractivity contribution in [3.63, 3.8) is 0 Å². The van der Waals surface area contributed by atoms with Gasteiger partial charge in [0, 0.05) is 0 Å². The van der Waals surface area contributed by atoms with Crippen LogP contribution in [0.3, 0.4) is 0 Å². The number of thiol groups is 1. The highest BCUT2D eigenvalue weighted by Crippen LogP contribution is 2.19. The van der Waals surface area contributed by atoms with Crippen LogP contribution in [0.15, 0.2) is 4.90 Å². The molecule has 1 heterocycles. The maximum atomic E-state index is 12.2. The molecule has 0 aliphatic carbocycles. The highest BCUT2D eigenvalue weighted by molar-refractivity contribution is 7.72. The van der Waals surface area contributed by atoms with Crippen molar-refractivity contribution in [2.24, 2.45) is 0 Å². The van der Waals surface area contributed by atoms with Crippen LogP contribution in [-0.4, -0.2) is 18.2 Å². The Morgan fingerprint density at radius 2 is 1.92 bits per heavy atom. The quantitative estimate of drug-likeness (QED) is 0.737. The molecule has 0 fully saturated rings. The first kappa shape index (κ1) is 10.1. The number of aromatic nitrogens is 2. The first-order valence-electron chi connectivity index (χ1n) is 3.43. The smallest absolute Gasteiger partial charge is 0.227 e. The molecule has 1 rings (SSSR count). The Morgan fingerprint density at radius 1 is 1.38 bits per heavy atom. The molecule has 1 aromatic rings. The predicted octanol–water partition coefficient (Wildman–Crippen LogP) is 0.865. The molecule has 0 aromatic carbocycles. The molecule has 0 spiro atoms. The van der Waals surface area contributed by atoms with Crippen LogP contribution in [0.25, 0.3) is 0 Å². The zero-order valence-corrected chi connectivity index (χ0v) is 7.89. The lowest BCUT2D eigenvalue weighted by molar-refractivity contribution is 0.0538. The zero-order chi connectivity index (χ0) is 10.2. The molecule has 7 heteroatoms. The summed E-state index contributed by atoms with van der Waals surface area (Å²) < 4.78 is 46.0. The molecule has 0 saturated carbocycles. The number of alkyl halides is 2. The standard InChI is InChI=1S/C6H8F2N2O2S/c1-3-5(13(11)12)4(2)10(9-3)6(7)8/h6,13H,1-2H3. The van der Waals surface area contributed by atoms with Gasteiger partial charge in [-0.25, -0.2) is 13.1 Å². The molecule has 0 aliphatic rings. The molecule has 0 aliphatic heterocycles. The molecular formula is C6H8F2N2O2S. The summed E-state index contributed by atoms with van der Waals surface area (Å²) in [7, 11) is -2.86. The van der Waals surface area contributed by atoms with Gasteiger partial charge in [0.25, 0.3) is 0 Å². The van der Waals surface area contributed by atoms with Crippen molar-refractivity contribution >= 4 is 10.7 Å². The number of hydrogen-bond acceptors (Lipinski definition) is 3. The molecule has 0 saturated heterocycles. The van der Waals surface area contributed by atoms with Crippen molar-refractivity contribution in [2.45, 2.75) is 25.3 Å². The van der Waals surface area contributed by atoms with E-state index in [9.17, 15) is 17.2 Å². The van der Waals surface area contributed by atoms with Crippen molar-refractivity contribution < 1.29 is 17.2 Å². The van der Waals surface area contributed by atoms with Gasteiger partial charge in [-0.15, -0.1) is 0 Å². The molecule has 0 atom stereocenters.